The predicted molar refractivity (Wildman–Crippen MR) is 138 cm³/mol. The molecule has 2 fully saturated rings. The topological polar surface area (TPSA) is 135 Å². The van der Waals surface area contributed by atoms with E-state index in [1.165, 1.54) is 0 Å². The van der Waals surface area contributed by atoms with Crippen LogP contribution in [0, 0.1) is 11.3 Å². The lowest BCUT2D eigenvalue weighted by molar-refractivity contribution is -0.127. The molecule has 0 radical (unpaired) electrons. The van der Waals surface area contributed by atoms with E-state index in [0.29, 0.717) is 26.2 Å². The summed E-state index contributed by atoms with van der Waals surface area (Å²) < 4.78 is 11.0. The normalized spacial score (nSPS) is 20.4. The van der Waals surface area contributed by atoms with E-state index in [9.17, 15) is 24.9 Å². The summed E-state index contributed by atoms with van der Waals surface area (Å²) in [6.07, 6.45) is 2.62. The maximum absolute atomic E-state index is 13.3. The van der Waals surface area contributed by atoms with Crippen LogP contribution >= 0.6 is 0 Å². The van der Waals surface area contributed by atoms with E-state index in [1.807, 2.05) is 44.2 Å². The Morgan fingerprint density at radius 2 is 1.95 bits per heavy atom. The molecule has 1 aromatic carbocycles. The molecule has 10 nitrogen and oxygen atoms in total. The highest BCUT2D eigenvalue weighted by Crippen LogP contribution is 2.22. The zero-order valence-corrected chi connectivity index (χ0v) is 21.6. The third-order valence-corrected chi connectivity index (χ3v) is 6.83. The Hall–Kier alpha value is -2.91. The van der Waals surface area contributed by atoms with Crippen molar-refractivity contribution in [2.75, 3.05) is 39.4 Å². The van der Waals surface area contributed by atoms with Gasteiger partial charge in [-0.3, -0.25) is 9.69 Å². The van der Waals surface area contributed by atoms with E-state index < -0.39 is 30.8 Å². The first-order valence-corrected chi connectivity index (χ1v) is 12.8. The van der Waals surface area contributed by atoms with Crippen molar-refractivity contribution in [3.63, 3.8) is 0 Å². The van der Waals surface area contributed by atoms with Crippen LogP contribution in [0.1, 0.15) is 38.7 Å². The highest BCUT2D eigenvalue weighted by molar-refractivity contribution is 6.43. The zero-order chi connectivity index (χ0) is 26.8. The fourth-order valence-electron chi connectivity index (χ4n) is 4.72. The molecule has 3 N–H and O–H groups in total. The van der Waals surface area contributed by atoms with E-state index in [2.05, 4.69) is 16.3 Å². The standard InChI is InChI=1S/C26H37BN4O6/c1-26(2,31-12-14-36-15-13-31)17-21(18-28)24(32)30-11-7-6-10-22(19-30)37-25(33)29-23(27(34)35)16-20-8-4-3-5-9-20/h3-5,8-9,17,22-23,34-35H,6-7,10-16,19H2,1-2H3,(H,29,33)/t22?,23-/m0/s1. The Labute approximate surface area is 219 Å². The van der Waals surface area contributed by atoms with Crippen molar-refractivity contribution < 1.29 is 29.1 Å². The molecule has 37 heavy (non-hydrogen) atoms. The van der Waals surface area contributed by atoms with Crippen molar-refractivity contribution in [2.45, 2.75) is 57.1 Å². The summed E-state index contributed by atoms with van der Waals surface area (Å²) in [4.78, 5) is 29.7. The first-order valence-electron chi connectivity index (χ1n) is 12.8. The summed E-state index contributed by atoms with van der Waals surface area (Å²) in [6, 6.07) is 11.2. The van der Waals surface area contributed by atoms with Gasteiger partial charge < -0.3 is 29.7 Å². The Morgan fingerprint density at radius 1 is 1.24 bits per heavy atom. The summed E-state index contributed by atoms with van der Waals surface area (Å²) in [5, 5.41) is 31.8. The highest BCUT2D eigenvalue weighted by atomic mass is 16.6. The van der Waals surface area contributed by atoms with Gasteiger partial charge in [0, 0.05) is 25.2 Å². The second kappa shape index (κ2) is 13.6. The lowest BCUT2D eigenvalue weighted by atomic mass is 9.76. The van der Waals surface area contributed by atoms with Crippen molar-refractivity contribution in [1.82, 2.24) is 15.1 Å². The quantitative estimate of drug-likeness (QED) is 0.269. The summed E-state index contributed by atoms with van der Waals surface area (Å²) in [5.41, 5.74) is 0.404. The molecule has 200 valence electrons. The van der Waals surface area contributed by atoms with Gasteiger partial charge >= 0.3 is 13.2 Å². The second-order valence-electron chi connectivity index (χ2n) is 10.1. The van der Waals surface area contributed by atoms with Crippen LogP contribution in [0.3, 0.4) is 0 Å². The average Bonchev–Trinajstić information content (AvgIpc) is 3.13. The molecule has 2 aliphatic rings. The molecule has 0 aromatic heterocycles. The molecule has 2 aliphatic heterocycles. The van der Waals surface area contributed by atoms with Crippen LogP contribution in [-0.2, 0) is 20.7 Å². The Morgan fingerprint density at radius 3 is 2.59 bits per heavy atom. The molecule has 2 amide bonds. The number of hydrogen-bond donors (Lipinski definition) is 3. The molecular weight excluding hydrogens is 475 g/mol. The molecular formula is C26H37BN4O6. The van der Waals surface area contributed by atoms with Crippen LogP contribution in [0.4, 0.5) is 4.79 Å². The van der Waals surface area contributed by atoms with Gasteiger partial charge in [-0.2, -0.15) is 5.26 Å². The first kappa shape index (κ1) is 28.7. The molecule has 0 spiro atoms. The molecule has 2 saturated heterocycles. The Bertz CT molecular complexity index is 975. The molecule has 1 aromatic rings. The van der Waals surface area contributed by atoms with E-state index in [-0.39, 0.29) is 24.4 Å². The van der Waals surface area contributed by atoms with E-state index in [0.717, 1.165) is 31.5 Å². The summed E-state index contributed by atoms with van der Waals surface area (Å²) >= 11 is 0. The number of rotatable bonds is 8. The monoisotopic (exact) mass is 512 g/mol. The smallest absolute Gasteiger partial charge is 0.444 e. The lowest BCUT2D eigenvalue weighted by Gasteiger charge is -2.39. The summed E-state index contributed by atoms with van der Waals surface area (Å²) in [5.74, 6) is -1.33. The molecule has 2 atom stereocenters. The number of nitrogens with zero attached hydrogens (tertiary/aromatic N) is 3. The van der Waals surface area contributed by atoms with Crippen molar-refractivity contribution in [3.05, 3.63) is 47.5 Å². The lowest BCUT2D eigenvalue weighted by Crippen LogP contribution is -2.50. The van der Waals surface area contributed by atoms with Gasteiger partial charge in [-0.1, -0.05) is 30.3 Å². The summed E-state index contributed by atoms with van der Waals surface area (Å²) in [7, 11) is -1.77. The van der Waals surface area contributed by atoms with Gasteiger partial charge in [0.25, 0.3) is 5.91 Å². The van der Waals surface area contributed by atoms with Gasteiger partial charge in [0.2, 0.25) is 0 Å². The van der Waals surface area contributed by atoms with E-state index in [1.54, 1.807) is 11.0 Å². The van der Waals surface area contributed by atoms with Crippen LogP contribution in [0.15, 0.2) is 42.0 Å². The minimum absolute atomic E-state index is 0.0629. The van der Waals surface area contributed by atoms with Crippen LogP contribution < -0.4 is 5.32 Å². The van der Waals surface area contributed by atoms with Crippen LogP contribution in [0.2, 0.25) is 0 Å². The average molecular weight is 512 g/mol. The number of nitrogens with one attached hydrogen (secondary N) is 1. The number of nitriles is 1. The number of hydrogen-bond acceptors (Lipinski definition) is 8. The number of likely N-dealkylation sites (tertiary alicyclic amines) is 1. The largest absolute Gasteiger partial charge is 0.475 e. The third kappa shape index (κ3) is 8.57. The molecule has 2 heterocycles. The zero-order valence-electron chi connectivity index (χ0n) is 21.6. The molecule has 11 heteroatoms. The summed E-state index contributed by atoms with van der Waals surface area (Å²) in [6.45, 7) is 7.24. The first-order chi connectivity index (χ1) is 17.7. The predicted octanol–water partition coefficient (Wildman–Crippen LogP) is 1.28. The van der Waals surface area contributed by atoms with Gasteiger partial charge in [-0.25, -0.2) is 4.79 Å². The van der Waals surface area contributed by atoms with Crippen molar-refractivity contribution in [2.24, 2.45) is 0 Å². The van der Waals surface area contributed by atoms with Crippen molar-refractivity contribution in [3.8, 4) is 6.07 Å². The van der Waals surface area contributed by atoms with Crippen LogP contribution in [-0.4, -0.2) is 95.9 Å². The number of carbonyl (C=O) groups excluding carboxylic acids is 2. The minimum atomic E-state index is -1.77. The molecule has 0 aliphatic carbocycles. The van der Waals surface area contributed by atoms with Crippen molar-refractivity contribution in [1.29, 1.82) is 5.26 Å². The fourth-order valence-corrected chi connectivity index (χ4v) is 4.72. The van der Waals surface area contributed by atoms with Gasteiger partial charge in [0.15, 0.2) is 0 Å². The van der Waals surface area contributed by atoms with Crippen molar-refractivity contribution >= 4 is 19.1 Å². The second-order valence-corrected chi connectivity index (χ2v) is 10.1. The number of amides is 2. The number of alkyl carbamates (subject to hydrolysis) is 1. The Kier molecular flexibility index (Phi) is 10.5. The maximum Gasteiger partial charge on any atom is 0.475 e. The number of carbonyl (C=O) groups is 2. The van der Waals surface area contributed by atoms with Gasteiger partial charge in [0.1, 0.15) is 17.7 Å². The molecule has 0 saturated carbocycles. The third-order valence-electron chi connectivity index (χ3n) is 6.83. The number of morpholine rings is 1. The van der Waals surface area contributed by atoms with Crippen LogP contribution in [0.5, 0.6) is 0 Å². The van der Waals surface area contributed by atoms with Gasteiger partial charge in [-0.05, 0) is 51.2 Å². The van der Waals surface area contributed by atoms with Crippen LogP contribution in [0.25, 0.3) is 0 Å². The minimum Gasteiger partial charge on any atom is -0.444 e. The molecule has 0 bridgehead atoms. The highest BCUT2D eigenvalue weighted by Gasteiger charge is 2.32. The van der Waals surface area contributed by atoms with E-state index >= 15 is 0 Å². The van der Waals surface area contributed by atoms with E-state index in [4.69, 9.17) is 9.47 Å². The number of benzene rings is 1. The van der Waals surface area contributed by atoms with Gasteiger partial charge in [0.05, 0.1) is 25.7 Å². The SMILES string of the molecule is CC(C)(C=C(C#N)C(=O)N1CCCCC(OC(=O)N[C@@H](Cc2ccccc2)B(O)O)C1)N1CCOCC1. The fraction of sp³-hybridized carbons (Fsp3) is 0.577. The maximum atomic E-state index is 13.3. The van der Waals surface area contributed by atoms with Gasteiger partial charge in [-0.15, -0.1) is 0 Å². The Balaban J connectivity index is 1.62. The molecule has 3 rings (SSSR count). The number of ether oxygens (including phenoxy) is 2. The molecule has 1 unspecified atom stereocenters.